The van der Waals surface area contributed by atoms with Crippen molar-refractivity contribution in [3.05, 3.63) is 54.1 Å². The van der Waals surface area contributed by atoms with Crippen molar-refractivity contribution in [1.82, 2.24) is 25.0 Å². The zero-order valence-corrected chi connectivity index (χ0v) is 15.6. The van der Waals surface area contributed by atoms with Gasteiger partial charge in [-0.25, -0.2) is 0 Å². The van der Waals surface area contributed by atoms with Gasteiger partial charge in [-0.1, -0.05) is 24.3 Å². The molecule has 1 heterocycles. The van der Waals surface area contributed by atoms with Crippen LogP contribution >= 0.6 is 0 Å². The molecule has 1 aromatic carbocycles. The number of nitrogens with zero attached hydrogens (tertiary/aromatic N) is 4. The van der Waals surface area contributed by atoms with Crippen LogP contribution in [0.25, 0.3) is 5.69 Å². The maximum absolute atomic E-state index is 11.8. The van der Waals surface area contributed by atoms with Crippen LogP contribution in [0.3, 0.4) is 0 Å². The summed E-state index contributed by atoms with van der Waals surface area (Å²) in [7, 11) is 3.95. The van der Waals surface area contributed by atoms with E-state index in [4.69, 9.17) is 0 Å². The molecule has 0 bridgehead atoms. The Morgan fingerprint density at radius 1 is 1.27 bits per heavy atom. The number of hydrogen-bond acceptors (Lipinski definition) is 4. The zero-order valence-electron chi connectivity index (χ0n) is 15.6. The molecule has 1 aromatic heterocycles. The summed E-state index contributed by atoms with van der Waals surface area (Å²) in [4.78, 5) is 13.8. The van der Waals surface area contributed by atoms with E-state index in [-0.39, 0.29) is 5.91 Å². The molecule has 2 aromatic rings. The molecule has 0 spiro atoms. The molecule has 1 fully saturated rings. The van der Waals surface area contributed by atoms with Crippen molar-refractivity contribution in [3.8, 4) is 5.69 Å². The summed E-state index contributed by atoms with van der Waals surface area (Å²) < 4.78 is 2.19. The van der Waals surface area contributed by atoms with Gasteiger partial charge in [0.2, 0.25) is 5.91 Å². The first-order valence-corrected chi connectivity index (χ1v) is 9.24. The lowest BCUT2D eigenvalue weighted by Crippen LogP contribution is -2.23. The lowest BCUT2D eigenvalue weighted by molar-refractivity contribution is -0.116. The minimum atomic E-state index is -0.0463. The second-order valence-electron chi connectivity index (χ2n) is 6.98. The van der Waals surface area contributed by atoms with Crippen molar-refractivity contribution in [2.45, 2.75) is 31.6 Å². The summed E-state index contributed by atoms with van der Waals surface area (Å²) in [5.74, 6) is 2.53. The number of hydrogen-bond donors (Lipinski definition) is 1. The van der Waals surface area contributed by atoms with Crippen molar-refractivity contribution < 1.29 is 4.79 Å². The number of aromatic nitrogens is 3. The molecule has 3 rings (SSSR count). The van der Waals surface area contributed by atoms with E-state index in [0.29, 0.717) is 12.5 Å². The minimum Gasteiger partial charge on any atom is -0.353 e. The average Bonchev–Trinajstić information content (AvgIpc) is 3.39. The number of rotatable bonds is 9. The van der Waals surface area contributed by atoms with Gasteiger partial charge in [-0.2, -0.15) is 0 Å². The number of carbonyl (C=O) groups excluding carboxylic acids is 1. The number of aryl methyl sites for hydroxylation is 1. The molecule has 6 heteroatoms. The van der Waals surface area contributed by atoms with Gasteiger partial charge in [-0.15, -0.1) is 10.2 Å². The van der Waals surface area contributed by atoms with Crippen molar-refractivity contribution in [2.24, 2.45) is 0 Å². The van der Waals surface area contributed by atoms with Crippen molar-refractivity contribution in [3.63, 3.8) is 0 Å². The molecule has 1 aliphatic rings. The van der Waals surface area contributed by atoms with Crippen LogP contribution in [0.15, 0.2) is 42.5 Å². The fourth-order valence-corrected chi connectivity index (χ4v) is 2.84. The Balaban J connectivity index is 1.56. The third-order valence-electron chi connectivity index (χ3n) is 4.33. The highest BCUT2D eigenvalue weighted by molar-refractivity contribution is 5.87. The Labute approximate surface area is 154 Å². The van der Waals surface area contributed by atoms with Gasteiger partial charge in [0.25, 0.3) is 0 Å². The molecule has 26 heavy (non-hydrogen) atoms. The third kappa shape index (κ3) is 5.02. The normalized spacial score (nSPS) is 14.3. The lowest BCUT2D eigenvalue weighted by atomic mass is 10.2. The van der Waals surface area contributed by atoms with E-state index in [1.165, 1.54) is 12.8 Å². The Bertz CT molecular complexity index is 747. The Kier molecular flexibility index (Phi) is 6.17. The van der Waals surface area contributed by atoms with Crippen LogP contribution in [0.5, 0.6) is 0 Å². The van der Waals surface area contributed by atoms with Crippen LogP contribution in [-0.2, 0) is 11.2 Å². The van der Waals surface area contributed by atoms with Crippen molar-refractivity contribution >= 4 is 5.91 Å². The quantitative estimate of drug-likeness (QED) is 0.555. The molecule has 0 aliphatic heterocycles. The summed E-state index contributed by atoms with van der Waals surface area (Å²) in [6.45, 7) is 1.39. The highest BCUT2D eigenvalue weighted by atomic mass is 16.1. The Morgan fingerprint density at radius 2 is 2.04 bits per heavy atom. The van der Waals surface area contributed by atoms with Gasteiger partial charge in [-0.3, -0.25) is 9.36 Å². The number of benzene rings is 1. The monoisotopic (exact) mass is 353 g/mol. The fraction of sp³-hybridized carbons (Fsp3) is 0.450. The van der Waals surface area contributed by atoms with Gasteiger partial charge in [0.1, 0.15) is 11.6 Å². The maximum atomic E-state index is 11.8. The van der Waals surface area contributed by atoms with E-state index < -0.39 is 0 Å². The van der Waals surface area contributed by atoms with Crippen LogP contribution in [0.4, 0.5) is 0 Å². The predicted molar refractivity (Wildman–Crippen MR) is 102 cm³/mol. The van der Waals surface area contributed by atoms with E-state index in [1.54, 1.807) is 6.08 Å². The molecule has 1 saturated carbocycles. The Morgan fingerprint density at radius 3 is 2.73 bits per heavy atom. The highest BCUT2D eigenvalue weighted by Crippen LogP contribution is 2.40. The first-order valence-electron chi connectivity index (χ1n) is 9.24. The van der Waals surface area contributed by atoms with Gasteiger partial charge in [0, 0.05) is 37.2 Å². The third-order valence-corrected chi connectivity index (χ3v) is 4.33. The van der Waals surface area contributed by atoms with E-state index >= 15 is 0 Å². The molecule has 0 radical (unpaired) electrons. The van der Waals surface area contributed by atoms with Crippen molar-refractivity contribution in [1.29, 1.82) is 0 Å². The molecule has 0 saturated heterocycles. The predicted octanol–water partition coefficient (Wildman–Crippen LogP) is 2.31. The minimum absolute atomic E-state index is 0.0463. The first kappa shape index (κ1) is 18.3. The maximum Gasteiger partial charge on any atom is 0.243 e. The van der Waals surface area contributed by atoms with Crippen LogP contribution in [0, 0.1) is 0 Å². The molecule has 6 nitrogen and oxygen atoms in total. The lowest BCUT2D eigenvalue weighted by Gasteiger charge is -2.10. The Hall–Kier alpha value is -2.47. The summed E-state index contributed by atoms with van der Waals surface area (Å²) in [5, 5.41) is 11.8. The van der Waals surface area contributed by atoms with E-state index in [2.05, 4.69) is 32.2 Å². The van der Waals surface area contributed by atoms with Gasteiger partial charge >= 0.3 is 0 Å². The van der Waals surface area contributed by atoms with Crippen LogP contribution in [0.2, 0.25) is 0 Å². The van der Waals surface area contributed by atoms with Gasteiger partial charge < -0.3 is 10.2 Å². The van der Waals surface area contributed by atoms with Crippen LogP contribution in [-0.4, -0.2) is 52.8 Å². The number of likely N-dealkylation sites (N-methyl/N-ethyl adjacent to an activating group) is 1. The summed E-state index contributed by atoms with van der Waals surface area (Å²) in [5.41, 5.74) is 1.12. The number of carbonyl (C=O) groups is 1. The molecule has 0 atom stereocenters. The molecular formula is C20H27N5O. The van der Waals surface area contributed by atoms with Crippen molar-refractivity contribution in [2.75, 3.05) is 27.2 Å². The summed E-state index contributed by atoms with van der Waals surface area (Å²) in [6, 6.07) is 10.3. The first-order chi connectivity index (χ1) is 12.6. The zero-order chi connectivity index (χ0) is 18.4. The topological polar surface area (TPSA) is 63.1 Å². The fourth-order valence-electron chi connectivity index (χ4n) is 2.84. The highest BCUT2D eigenvalue weighted by Gasteiger charge is 2.30. The van der Waals surface area contributed by atoms with Crippen LogP contribution < -0.4 is 5.32 Å². The molecule has 138 valence electrons. The van der Waals surface area contributed by atoms with Gasteiger partial charge in [0.15, 0.2) is 0 Å². The standard InChI is InChI=1S/C20H27N5O/c1-24(2)15-7-11-19(26)21-14-6-10-18-22-23-20(16-12-13-16)25(18)17-8-4-3-5-9-17/h3-5,7-9,11,16H,6,10,12-15H2,1-2H3,(H,21,26)/b11-7+. The SMILES string of the molecule is CN(C)C/C=C/C(=O)NCCCc1nnc(C2CC2)n1-c1ccccc1. The molecular weight excluding hydrogens is 326 g/mol. The largest absolute Gasteiger partial charge is 0.353 e. The number of amides is 1. The molecule has 0 unspecified atom stereocenters. The van der Waals surface area contributed by atoms with Gasteiger partial charge in [0.05, 0.1) is 0 Å². The van der Waals surface area contributed by atoms with E-state index in [1.807, 2.05) is 43.3 Å². The number of nitrogens with one attached hydrogen (secondary N) is 1. The smallest absolute Gasteiger partial charge is 0.243 e. The number of para-hydroxylation sites is 1. The summed E-state index contributed by atoms with van der Waals surface area (Å²) in [6.07, 6.45) is 7.47. The van der Waals surface area contributed by atoms with E-state index in [9.17, 15) is 4.79 Å². The summed E-state index contributed by atoms with van der Waals surface area (Å²) >= 11 is 0. The van der Waals surface area contributed by atoms with Gasteiger partial charge in [-0.05, 0) is 45.5 Å². The second kappa shape index (κ2) is 8.76. The molecule has 1 amide bonds. The van der Waals surface area contributed by atoms with Crippen LogP contribution in [0.1, 0.15) is 36.8 Å². The van der Waals surface area contributed by atoms with E-state index in [0.717, 1.165) is 36.7 Å². The second-order valence-corrected chi connectivity index (χ2v) is 6.98. The molecule has 1 N–H and O–H groups in total. The molecule has 1 aliphatic carbocycles. The average molecular weight is 353 g/mol.